The van der Waals surface area contributed by atoms with Gasteiger partial charge in [0, 0.05) is 24.4 Å². The van der Waals surface area contributed by atoms with Gasteiger partial charge in [-0.25, -0.2) is 4.98 Å². The second-order valence-electron chi connectivity index (χ2n) is 3.24. The predicted molar refractivity (Wildman–Crippen MR) is 58.9 cm³/mol. The van der Waals surface area contributed by atoms with Gasteiger partial charge in [-0.05, 0) is 6.07 Å². The highest BCUT2D eigenvalue weighted by Gasteiger charge is 2.04. The van der Waals surface area contributed by atoms with E-state index >= 15 is 0 Å². The van der Waals surface area contributed by atoms with E-state index in [1.54, 1.807) is 24.1 Å². The summed E-state index contributed by atoms with van der Waals surface area (Å²) in [7, 11) is 1.58. The molecule has 0 aliphatic heterocycles. The second kappa shape index (κ2) is 4.71. The molecule has 0 spiro atoms. The van der Waals surface area contributed by atoms with E-state index < -0.39 is 0 Å². The van der Waals surface area contributed by atoms with E-state index in [4.69, 9.17) is 10.5 Å². The average Bonchev–Trinajstić information content (AvgIpc) is 2.78. The molecule has 0 unspecified atom stereocenters. The molecule has 0 saturated heterocycles. The molecule has 0 atom stereocenters. The van der Waals surface area contributed by atoms with Crippen LogP contribution in [0.25, 0.3) is 11.3 Å². The fourth-order valence-corrected chi connectivity index (χ4v) is 1.32. The number of rotatable bonds is 4. The quantitative estimate of drug-likeness (QED) is 0.800. The van der Waals surface area contributed by atoms with E-state index in [1.165, 1.54) is 0 Å². The van der Waals surface area contributed by atoms with Gasteiger partial charge in [-0.2, -0.15) is 0 Å². The number of nitrogens with zero attached hydrogens (tertiary/aromatic N) is 4. The van der Waals surface area contributed by atoms with Crippen molar-refractivity contribution in [1.29, 1.82) is 0 Å². The van der Waals surface area contributed by atoms with Crippen molar-refractivity contribution < 1.29 is 4.74 Å². The van der Waals surface area contributed by atoms with Crippen LogP contribution in [0.15, 0.2) is 24.5 Å². The Bertz CT molecular complexity index is 450. The van der Waals surface area contributed by atoms with E-state index in [0.29, 0.717) is 19.0 Å². The van der Waals surface area contributed by atoms with Crippen molar-refractivity contribution in [2.45, 2.75) is 6.54 Å². The SMILES string of the molecule is COc1ccc(-c2cn(CCN)nn2)cn1. The van der Waals surface area contributed by atoms with Crippen LogP contribution < -0.4 is 10.5 Å². The molecule has 0 fully saturated rings. The fraction of sp³-hybridized carbons (Fsp3) is 0.300. The number of pyridine rings is 1. The van der Waals surface area contributed by atoms with Crippen molar-refractivity contribution >= 4 is 0 Å². The summed E-state index contributed by atoms with van der Waals surface area (Å²) >= 11 is 0. The summed E-state index contributed by atoms with van der Waals surface area (Å²) in [5.74, 6) is 0.582. The van der Waals surface area contributed by atoms with Crippen molar-refractivity contribution in [1.82, 2.24) is 20.0 Å². The van der Waals surface area contributed by atoms with Gasteiger partial charge in [0.15, 0.2) is 0 Å². The molecule has 2 rings (SSSR count). The lowest BCUT2D eigenvalue weighted by molar-refractivity contribution is 0.398. The number of ether oxygens (including phenoxy) is 1. The van der Waals surface area contributed by atoms with Crippen molar-refractivity contribution in [3.8, 4) is 17.1 Å². The zero-order valence-electron chi connectivity index (χ0n) is 9.00. The van der Waals surface area contributed by atoms with Crippen molar-refractivity contribution in [3.05, 3.63) is 24.5 Å². The maximum atomic E-state index is 5.43. The summed E-state index contributed by atoms with van der Waals surface area (Å²) in [6, 6.07) is 3.68. The molecule has 2 aromatic heterocycles. The van der Waals surface area contributed by atoms with Crippen LogP contribution in [0, 0.1) is 0 Å². The average molecular weight is 219 g/mol. The Balaban J connectivity index is 2.21. The molecule has 0 aliphatic rings. The van der Waals surface area contributed by atoms with Gasteiger partial charge in [-0.3, -0.25) is 4.68 Å². The van der Waals surface area contributed by atoms with Gasteiger partial charge in [0.1, 0.15) is 5.69 Å². The van der Waals surface area contributed by atoms with Crippen LogP contribution in [0.2, 0.25) is 0 Å². The molecule has 0 saturated carbocycles. The molecule has 6 heteroatoms. The minimum Gasteiger partial charge on any atom is -0.481 e. The Morgan fingerprint density at radius 3 is 2.94 bits per heavy atom. The van der Waals surface area contributed by atoms with E-state index in [0.717, 1.165) is 11.3 Å². The lowest BCUT2D eigenvalue weighted by atomic mass is 10.2. The van der Waals surface area contributed by atoms with Crippen molar-refractivity contribution in [2.75, 3.05) is 13.7 Å². The monoisotopic (exact) mass is 219 g/mol. The van der Waals surface area contributed by atoms with Gasteiger partial charge in [-0.15, -0.1) is 5.10 Å². The molecular formula is C10H13N5O. The molecule has 84 valence electrons. The first-order chi connectivity index (χ1) is 7.83. The normalized spacial score (nSPS) is 10.4. The summed E-state index contributed by atoms with van der Waals surface area (Å²) < 4.78 is 6.69. The Morgan fingerprint density at radius 1 is 1.44 bits per heavy atom. The standard InChI is InChI=1S/C10H13N5O/c1-16-10-3-2-8(6-12-10)9-7-15(5-4-11)14-13-9/h2-3,6-7H,4-5,11H2,1H3. The summed E-state index contributed by atoms with van der Waals surface area (Å²) in [6.07, 6.45) is 3.55. The smallest absolute Gasteiger partial charge is 0.212 e. The Hall–Kier alpha value is -1.95. The van der Waals surface area contributed by atoms with Crippen LogP contribution in [0.3, 0.4) is 0 Å². The molecule has 6 nitrogen and oxygen atoms in total. The van der Waals surface area contributed by atoms with Crippen LogP contribution in [0.4, 0.5) is 0 Å². The van der Waals surface area contributed by atoms with Gasteiger partial charge < -0.3 is 10.5 Å². The molecule has 2 heterocycles. The highest BCUT2D eigenvalue weighted by atomic mass is 16.5. The second-order valence-corrected chi connectivity index (χ2v) is 3.24. The molecule has 16 heavy (non-hydrogen) atoms. The summed E-state index contributed by atoms with van der Waals surface area (Å²) in [4.78, 5) is 4.10. The lowest BCUT2D eigenvalue weighted by Gasteiger charge is -1.98. The first-order valence-corrected chi connectivity index (χ1v) is 4.94. The van der Waals surface area contributed by atoms with E-state index in [-0.39, 0.29) is 0 Å². The maximum Gasteiger partial charge on any atom is 0.212 e. The maximum absolute atomic E-state index is 5.43. The van der Waals surface area contributed by atoms with Crippen LogP contribution in [-0.4, -0.2) is 33.6 Å². The number of methoxy groups -OCH3 is 1. The van der Waals surface area contributed by atoms with Gasteiger partial charge >= 0.3 is 0 Å². The topological polar surface area (TPSA) is 78.9 Å². The third kappa shape index (κ3) is 2.17. The molecule has 2 aromatic rings. The van der Waals surface area contributed by atoms with Crippen LogP contribution in [-0.2, 0) is 6.54 Å². The fourth-order valence-electron chi connectivity index (χ4n) is 1.32. The summed E-state index contributed by atoms with van der Waals surface area (Å²) in [6.45, 7) is 1.21. The van der Waals surface area contributed by atoms with E-state index in [2.05, 4.69) is 15.3 Å². The molecule has 0 radical (unpaired) electrons. The molecule has 2 N–H and O–H groups in total. The molecule has 0 aliphatic carbocycles. The highest BCUT2D eigenvalue weighted by molar-refractivity contribution is 5.56. The van der Waals surface area contributed by atoms with Gasteiger partial charge in [0.2, 0.25) is 5.88 Å². The summed E-state index contributed by atoms with van der Waals surface area (Å²) in [5.41, 5.74) is 7.12. The first-order valence-electron chi connectivity index (χ1n) is 4.94. The molecule has 0 amide bonds. The number of aromatic nitrogens is 4. The van der Waals surface area contributed by atoms with E-state index in [1.807, 2.05) is 12.3 Å². The highest BCUT2D eigenvalue weighted by Crippen LogP contribution is 2.16. The van der Waals surface area contributed by atoms with Crippen molar-refractivity contribution in [2.24, 2.45) is 5.73 Å². The van der Waals surface area contributed by atoms with Gasteiger partial charge in [0.05, 0.1) is 19.9 Å². The van der Waals surface area contributed by atoms with Crippen molar-refractivity contribution in [3.63, 3.8) is 0 Å². The minimum absolute atomic E-state index is 0.545. The predicted octanol–water partition coefficient (Wildman–Crippen LogP) is 0.307. The van der Waals surface area contributed by atoms with E-state index in [9.17, 15) is 0 Å². The van der Waals surface area contributed by atoms with Crippen LogP contribution >= 0.6 is 0 Å². The number of hydrogen-bond donors (Lipinski definition) is 1. The molecule has 0 aromatic carbocycles. The number of hydrogen-bond acceptors (Lipinski definition) is 5. The Labute approximate surface area is 93.1 Å². The molecule has 0 bridgehead atoms. The molecular weight excluding hydrogens is 206 g/mol. The lowest BCUT2D eigenvalue weighted by Crippen LogP contribution is -2.10. The zero-order valence-corrected chi connectivity index (χ0v) is 9.00. The third-order valence-electron chi connectivity index (χ3n) is 2.14. The Morgan fingerprint density at radius 2 is 2.31 bits per heavy atom. The van der Waals surface area contributed by atoms with Crippen LogP contribution in [0.5, 0.6) is 5.88 Å². The largest absolute Gasteiger partial charge is 0.481 e. The third-order valence-corrected chi connectivity index (χ3v) is 2.14. The Kier molecular flexibility index (Phi) is 3.11. The minimum atomic E-state index is 0.545. The zero-order chi connectivity index (χ0) is 11.4. The van der Waals surface area contributed by atoms with Gasteiger partial charge in [-0.1, -0.05) is 5.21 Å². The summed E-state index contributed by atoms with van der Waals surface area (Å²) in [5, 5.41) is 7.99. The first kappa shape index (κ1) is 10.6. The van der Waals surface area contributed by atoms with Crippen LogP contribution in [0.1, 0.15) is 0 Å². The number of nitrogens with two attached hydrogens (primary N) is 1. The van der Waals surface area contributed by atoms with Gasteiger partial charge in [0.25, 0.3) is 0 Å².